The minimum atomic E-state index is -1.71. The quantitative estimate of drug-likeness (QED) is 0.343. The van der Waals surface area contributed by atoms with Crippen molar-refractivity contribution in [3.63, 3.8) is 0 Å². The predicted octanol–water partition coefficient (Wildman–Crippen LogP) is 5.11. The highest BCUT2D eigenvalue weighted by molar-refractivity contribution is 8.76. The molecule has 6 nitrogen and oxygen atoms in total. The van der Waals surface area contributed by atoms with E-state index in [0.717, 1.165) is 11.4 Å². The zero-order valence-corrected chi connectivity index (χ0v) is 20.2. The van der Waals surface area contributed by atoms with Crippen LogP contribution in [0.5, 0.6) is 11.8 Å². The molecule has 0 unspecified atom stereocenters. The molecule has 0 spiro atoms. The second kappa shape index (κ2) is 8.28. The minimum Gasteiger partial charge on any atom is -0.531 e. The van der Waals surface area contributed by atoms with Crippen molar-refractivity contribution in [2.45, 2.75) is 63.4 Å². The Morgan fingerprint density at radius 3 is 1.31 bits per heavy atom. The topological polar surface area (TPSA) is 70.0 Å². The highest BCUT2D eigenvalue weighted by Crippen LogP contribution is 2.35. The summed E-state index contributed by atoms with van der Waals surface area (Å²) in [6.07, 6.45) is 0. The van der Waals surface area contributed by atoms with E-state index in [2.05, 4.69) is 59.2 Å². The largest absolute Gasteiger partial charge is 0.531 e. The number of nitrogens with zero attached hydrogens (tertiary/aromatic N) is 4. The maximum atomic E-state index is 5.99. The van der Waals surface area contributed by atoms with Gasteiger partial charge in [-0.25, -0.2) is 9.97 Å². The molecule has 0 saturated carbocycles. The average Bonchev–Trinajstić information content (AvgIpc) is 2.40. The van der Waals surface area contributed by atoms with Gasteiger partial charge in [-0.05, 0) is 74.7 Å². The van der Waals surface area contributed by atoms with Crippen LogP contribution in [-0.2, 0) is 0 Å². The number of aromatic nitrogens is 4. The van der Waals surface area contributed by atoms with E-state index in [-0.39, 0.29) is 0 Å². The van der Waals surface area contributed by atoms with Crippen LogP contribution in [0.3, 0.4) is 0 Å². The Kier molecular flexibility index (Phi) is 6.75. The van der Waals surface area contributed by atoms with E-state index < -0.39 is 16.6 Å². The third-order valence-corrected chi connectivity index (χ3v) is 6.17. The SMILES string of the molecule is Cc1cc(O[Si](C)(C)C)nc(SSc2nc(C)cc(O[Si](C)(C)C)n2)n1. The van der Waals surface area contributed by atoms with Crippen LogP contribution in [0.2, 0.25) is 39.3 Å². The van der Waals surface area contributed by atoms with Gasteiger partial charge in [0, 0.05) is 23.5 Å². The molecule has 26 heavy (non-hydrogen) atoms. The highest BCUT2D eigenvalue weighted by atomic mass is 33.1. The van der Waals surface area contributed by atoms with Crippen LogP contribution in [0.1, 0.15) is 11.4 Å². The average molecular weight is 427 g/mol. The van der Waals surface area contributed by atoms with Crippen molar-refractivity contribution in [3.05, 3.63) is 23.5 Å². The Hall–Kier alpha value is -1.11. The lowest BCUT2D eigenvalue weighted by Crippen LogP contribution is -2.30. The van der Waals surface area contributed by atoms with Gasteiger partial charge >= 0.3 is 0 Å². The molecule has 142 valence electrons. The number of hydrogen-bond donors (Lipinski definition) is 0. The summed E-state index contributed by atoms with van der Waals surface area (Å²) < 4.78 is 12.0. The van der Waals surface area contributed by atoms with Crippen molar-refractivity contribution in [3.8, 4) is 11.8 Å². The van der Waals surface area contributed by atoms with Gasteiger partial charge in [-0.15, -0.1) is 0 Å². The van der Waals surface area contributed by atoms with E-state index in [0.29, 0.717) is 22.1 Å². The van der Waals surface area contributed by atoms with Crippen LogP contribution in [0.25, 0.3) is 0 Å². The molecule has 0 aliphatic rings. The lowest BCUT2D eigenvalue weighted by molar-refractivity contribution is 0.521. The Balaban J connectivity index is 2.13. The number of aryl methyl sites for hydroxylation is 2. The first-order valence-electron chi connectivity index (χ1n) is 8.33. The van der Waals surface area contributed by atoms with Crippen LogP contribution in [0, 0.1) is 13.8 Å². The molecule has 0 bridgehead atoms. The van der Waals surface area contributed by atoms with E-state index in [1.165, 1.54) is 21.6 Å². The maximum Gasteiger partial charge on any atom is 0.244 e. The molecule has 0 aliphatic carbocycles. The van der Waals surface area contributed by atoms with Crippen molar-refractivity contribution in [2.75, 3.05) is 0 Å². The molecule has 0 aliphatic heterocycles. The van der Waals surface area contributed by atoms with Crippen LogP contribution in [0.15, 0.2) is 22.4 Å². The van der Waals surface area contributed by atoms with Crippen molar-refractivity contribution >= 4 is 38.2 Å². The maximum absolute atomic E-state index is 5.99. The summed E-state index contributed by atoms with van der Waals surface area (Å²) in [5.74, 6) is 1.26. The van der Waals surface area contributed by atoms with Crippen LogP contribution >= 0.6 is 21.6 Å². The van der Waals surface area contributed by atoms with Crippen molar-refractivity contribution in [1.82, 2.24) is 19.9 Å². The molecular weight excluding hydrogens is 401 g/mol. The molecule has 2 heterocycles. The van der Waals surface area contributed by atoms with Crippen molar-refractivity contribution in [2.24, 2.45) is 0 Å². The lowest BCUT2D eigenvalue weighted by atomic mass is 10.4. The first-order valence-corrected chi connectivity index (χ1v) is 17.3. The first kappa shape index (κ1) is 21.2. The van der Waals surface area contributed by atoms with Gasteiger partial charge in [0.2, 0.25) is 38.7 Å². The fourth-order valence-electron chi connectivity index (χ4n) is 1.91. The van der Waals surface area contributed by atoms with Gasteiger partial charge in [-0.2, -0.15) is 9.97 Å². The van der Waals surface area contributed by atoms with Gasteiger partial charge in [-0.3, -0.25) is 0 Å². The molecule has 0 aromatic carbocycles. The second-order valence-electron chi connectivity index (χ2n) is 7.86. The summed E-state index contributed by atoms with van der Waals surface area (Å²) in [5, 5.41) is 1.28. The molecule has 2 aromatic heterocycles. The monoisotopic (exact) mass is 426 g/mol. The van der Waals surface area contributed by atoms with Gasteiger partial charge in [-0.1, -0.05) is 0 Å². The molecule has 0 radical (unpaired) electrons. The van der Waals surface area contributed by atoms with Crippen LogP contribution < -0.4 is 8.85 Å². The third-order valence-electron chi connectivity index (χ3n) is 2.63. The summed E-state index contributed by atoms with van der Waals surface area (Å²) in [4.78, 5) is 17.9. The number of hydrogen-bond acceptors (Lipinski definition) is 8. The van der Waals surface area contributed by atoms with E-state index in [9.17, 15) is 0 Å². The normalized spacial score (nSPS) is 12.2. The highest BCUT2D eigenvalue weighted by Gasteiger charge is 2.19. The Labute approximate surface area is 165 Å². The standard InChI is InChI=1S/C16H26N4O2S2Si2/c1-11-9-13(21-25(3,4)5)19-15(17-11)23-24-16-18-12(2)10-14(20-16)22-26(6,7)8/h9-10H,1-8H3. The molecule has 2 aromatic rings. The van der Waals surface area contributed by atoms with Gasteiger partial charge in [0.25, 0.3) is 0 Å². The number of rotatable bonds is 7. The van der Waals surface area contributed by atoms with Crippen LogP contribution in [0.4, 0.5) is 0 Å². The van der Waals surface area contributed by atoms with E-state index in [1.807, 2.05) is 26.0 Å². The molecule has 2 rings (SSSR count). The molecule has 0 amide bonds. The lowest BCUT2D eigenvalue weighted by Gasteiger charge is -2.19. The summed E-state index contributed by atoms with van der Waals surface area (Å²) in [7, 11) is -0.577. The molecule has 0 fully saturated rings. The first-order chi connectivity index (χ1) is 11.9. The van der Waals surface area contributed by atoms with Crippen molar-refractivity contribution in [1.29, 1.82) is 0 Å². The van der Waals surface area contributed by atoms with Crippen LogP contribution in [-0.4, -0.2) is 36.6 Å². The van der Waals surface area contributed by atoms with Gasteiger partial charge in [0.1, 0.15) is 0 Å². The van der Waals surface area contributed by atoms with E-state index in [4.69, 9.17) is 8.85 Å². The molecule has 0 saturated heterocycles. The van der Waals surface area contributed by atoms with Gasteiger partial charge in [0.05, 0.1) is 0 Å². The zero-order valence-electron chi connectivity index (χ0n) is 16.6. The molecule has 0 atom stereocenters. The van der Waals surface area contributed by atoms with Gasteiger partial charge in [0.15, 0.2) is 0 Å². The molecular formula is C16H26N4O2S2Si2. The van der Waals surface area contributed by atoms with Crippen molar-refractivity contribution < 1.29 is 8.85 Å². The minimum absolute atomic E-state index is 0.632. The Morgan fingerprint density at radius 1 is 0.654 bits per heavy atom. The van der Waals surface area contributed by atoms with E-state index >= 15 is 0 Å². The second-order valence-corrected chi connectivity index (χ2v) is 18.8. The summed E-state index contributed by atoms with van der Waals surface area (Å²) in [5.41, 5.74) is 1.76. The summed E-state index contributed by atoms with van der Waals surface area (Å²) >= 11 is 0. The predicted molar refractivity (Wildman–Crippen MR) is 113 cm³/mol. The third kappa shape index (κ3) is 7.64. The Morgan fingerprint density at radius 2 is 1.00 bits per heavy atom. The summed E-state index contributed by atoms with van der Waals surface area (Å²) in [6, 6.07) is 3.74. The Bertz CT molecular complexity index is 714. The summed E-state index contributed by atoms with van der Waals surface area (Å²) in [6.45, 7) is 16.7. The van der Waals surface area contributed by atoms with E-state index in [1.54, 1.807) is 0 Å². The molecule has 10 heteroatoms. The smallest absolute Gasteiger partial charge is 0.244 e. The fraction of sp³-hybridized carbons (Fsp3) is 0.500. The van der Waals surface area contributed by atoms with Gasteiger partial charge < -0.3 is 8.85 Å². The zero-order chi connectivity index (χ0) is 19.5. The molecule has 0 N–H and O–H groups in total. The fourth-order valence-corrected chi connectivity index (χ4v) is 5.03.